The van der Waals surface area contributed by atoms with E-state index in [1.165, 1.54) is 28.7 Å². The molecule has 2 aliphatic rings. The Kier molecular flexibility index (Phi) is 5.94. The average molecular weight is 468 g/mol. The zero-order valence-corrected chi connectivity index (χ0v) is 19.2. The van der Waals surface area contributed by atoms with Crippen LogP contribution in [0.15, 0.2) is 29.8 Å². The van der Waals surface area contributed by atoms with Gasteiger partial charge in [-0.15, -0.1) is 11.3 Å². The van der Waals surface area contributed by atoms with Crippen LogP contribution in [0, 0.1) is 0 Å². The van der Waals surface area contributed by atoms with Crippen molar-refractivity contribution < 1.29 is 9.18 Å². The standard InChI is InChI=1S/C23H26FN7OS/c1-2-26-20(32)17-11-27-21(28-16-4-3-15-10-25-8-5-14(15)9-16)30-19(17)31-22-29-18(12-33-22)23(13-24)6-7-23/h3-4,9,11-12,25H,2,5-8,10,13H2,1H3,(H,26,32)(H2,27,28,29,30,31). The number of thiazole rings is 1. The van der Waals surface area contributed by atoms with Crippen LogP contribution >= 0.6 is 11.3 Å². The fraction of sp³-hybridized carbons (Fsp3) is 0.391. The lowest BCUT2D eigenvalue weighted by Crippen LogP contribution is -2.24. The fourth-order valence-corrected chi connectivity index (χ4v) is 4.76. The van der Waals surface area contributed by atoms with E-state index in [1.807, 2.05) is 18.4 Å². The molecule has 1 aliphatic carbocycles. The molecule has 0 saturated heterocycles. The van der Waals surface area contributed by atoms with E-state index in [1.54, 1.807) is 0 Å². The third-order valence-electron chi connectivity index (χ3n) is 6.10. The second-order valence-corrected chi connectivity index (χ2v) is 9.29. The first kappa shape index (κ1) is 21.7. The Bertz CT molecular complexity index is 1180. The highest BCUT2D eigenvalue weighted by molar-refractivity contribution is 7.13. The number of amides is 1. The molecular formula is C23H26FN7OS. The van der Waals surface area contributed by atoms with E-state index in [4.69, 9.17) is 0 Å². The summed E-state index contributed by atoms with van der Waals surface area (Å²) >= 11 is 1.38. The molecule has 5 rings (SSSR count). The number of rotatable bonds is 8. The van der Waals surface area contributed by atoms with E-state index in [-0.39, 0.29) is 5.91 Å². The number of nitrogens with one attached hydrogen (secondary N) is 4. The minimum absolute atomic E-state index is 0.271. The number of aromatic nitrogens is 3. The molecule has 4 N–H and O–H groups in total. The zero-order chi connectivity index (χ0) is 22.8. The fourth-order valence-electron chi connectivity index (χ4n) is 3.93. The summed E-state index contributed by atoms with van der Waals surface area (Å²) in [7, 11) is 0. The van der Waals surface area contributed by atoms with Crippen LogP contribution < -0.4 is 21.3 Å². The summed E-state index contributed by atoms with van der Waals surface area (Å²) in [6.07, 6.45) is 4.11. The molecule has 0 atom stereocenters. The lowest BCUT2D eigenvalue weighted by atomic mass is 10.0. The van der Waals surface area contributed by atoms with Gasteiger partial charge in [0.15, 0.2) is 10.9 Å². The minimum atomic E-state index is -0.431. The van der Waals surface area contributed by atoms with Gasteiger partial charge in [-0.05, 0) is 56.0 Å². The molecule has 1 saturated carbocycles. The molecule has 0 radical (unpaired) electrons. The van der Waals surface area contributed by atoms with E-state index in [2.05, 4.69) is 48.4 Å². The van der Waals surface area contributed by atoms with Gasteiger partial charge in [-0.3, -0.25) is 9.18 Å². The van der Waals surface area contributed by atoms with Crippen molar-refractivity contribution in [2.45, 2.75) is 38.1 Å². The summed E-state index contributed by atoms with van der Waals surface area (Å²) in [5.41, 5.74) is 4.13. The van der Waals surface area contributed by atoms with Crippen LogP contribution in [-0.2, 0) is 18.4 Å². The maximum absolute atomic E-state index is 13.4. The van der Waals surface area contributed by atoms with Crippen LogP contribution in [-0.4, -0.2) is 40.6 Å². The van der Waals surface area contributed by atoms with Gasteiger partial charge < -0.3 is 21.3 Å². The molecule has 3 heterocycles. The Hall–Kier alpha value is -3.11. The number of hydrogen-bond acceptors (Lipinski definition) is 8. The van der Waals surface area contributed by atoms with E-state index in [0.29, 0.717) is 29.0 Å². The van der Waals surface area contributed by atoms with Crippen LogP contribution in [0.1, 0.15) is 46.9 Å². The summed E-state index contributed by atoms with van der Waals surface area (Å²) in [5, 5.41) is 15.0. The number of nitrogens with zero attached hydrogens (tertiary/aromatic N) is 3. The normalized spacial score (nSPS) is 16.1. The maximum Gasteiger partial charge on any atom is 0.256 e. The van der Waals surface area contributed by atoms with Crippen LogP contribution in [0.25, 0.3) is 0 Å². The van der Waals surface area contributed by atoms with Gasteiger partial charge in [-0.1, -0.05) is 6.07 Å². The lowest BCUT2D eigenvalue weighted by Gasteiger charge is -2.18. The van der Waals surface area contributed by atoms with Crippen molar-refractivity contribution >= 4 is 39.8 Å². The van der Waals surface area contributed by atoms with Gasteiger partial charge in [0.25, 0.3) is 5.91 Å². The van der Waals surface area contributed by atoms with Crippen molar-refractivity contribution in [3.05, 3.63) is 52.2 Å². The first-order valence-electron chi connectivity index (χ1n) is 11.1. The average Bonchev–Trinajstić information content (AvgIpc) is 3.50. The van der Waals surface area contributed by atoms with Crippen molar-refractivity contribution in [2.24, 2.45) is 0 Å². The molecule has 10 heteroatoms. The van der Waals surface area contributed by atoms with Gasteiger partial charge in [0, 0.05) is 35.8 Å². The van der Waals surface area contributed by atoms with Gasteiger partial charge in [-0.2, -0.15) is 4.98 Å². The third-order valence-corrected chi connectivity index (χ3v) is 6.86. The molecule has 0 spiro atoms. The van der Waals surface area contributed by atoms with Gasteiger partial charge >= 0.3 is 0 Å². The first-order valence-corrected chi connectivity index (χ1v) is 12.0. The smallest absolute Gasteiger partial charge is 0.256 e. The summed E-state index contributed by atoms with van der Waals surface area (Å²) < 4.78 is 13.4. The van der Waals surface area contributed by atoms with Crippen molar-refractivity contribution in [3.63, 3.8) is 0 Å². The monoisotopic (exact) mass is 467 g/mol. The molecule has 0 bridgehead atoms. The predicted octanol–water partition coefficient (Wildman–Crippen LogP) is 3.82. The van der Waals surface area contributed by atoms with E-state index < -0.39 is 12.1 Å². The first-order chi connectivity index (χ1) is 16.1. The van der Waals surface area contributed by atoms with Crippen LogP contribution in [0.4, 0.5) is 27.0 Å². The molecule has 172 valence electrons. The molecule has 33 heavy (non-hydrogen) atoms. The number of hydrogen-bond donors (Lipinski definition) is 4. The topological polar surface area (TPSA) is 104 Å². The molecular weight excluding hydrogens is 441 g/mol. The Morgan fingerprint density at radius 2 is 2.12 bits per heavy atom. The molecule has 1 amide bonds. The van der Waals surface area contributed by atoms with Crippen molar-refractivity contribution in [1.82, 2.24) is 25.6 Å². The van der Waals surface area contributed by atoms with Gasteiger partial charge in [0.05, 0.1) is 5.69 Å². The highest BCUT2D eigenvalue weighted by Crippen LogP contribution is 2.49. The van der Waals surface area contributed by atoms with Crippen molar-refractivity contribution in [2.75, 3.05) is 30.4 Å². The molecule has 2 aromatic heterocycles. The number of carbonyl (C=O) groups excluding carboxylic acids is 1. The van der Waals surface area contributed by atoms with Gasteiger partial charge in [-0.25, -0.2) is 9.97 Å². The largest absolute Gasteiger partial charge is 0.352 e. The van der Waals surface area contributed by atoms with E-state index in [9.17, 15) is 9.18 Å². The van der Waals surface area contributed by atoms with Gasteiger partial charge in [0.2, 0.25) is 5.95 Å². The van der Waals surface area contributed by atoms with Crippen LogP contribution in [0.2, 0.25) is 0 Å². The number of carbonyl (C=O) groups is 1. The highest BCUT2D eigenvalue weighted by atomic mass is 32.1. The van der Waals surface area contributed by atoms with Crippen LogP contribution in [0.5, 0.6) is 0 Å². The minimum Gasteiger partial charge on any atom is -0.352 e. The molecule has 1 fully saturated rings. The number of anilines is 4. The maximum atomic E-state index is 13.4. The number of benzene rings is 1. The van der Waals surface area contributed by atoms with Gasteiger partial charge in [0.1, 0.15) is 12.2 Å². The Morgan fingerprint density at radius 3 is 2.91 bits per heavy atom. The molecule has 1 aliphatic heterocycles. The summed E-state index contributed by atoms with van der Waals surface area (Å²) in [6.45, 7) is 3.77. The van der Waals surface area contributed by atoms with Crippen molar-refractivity contribution in [1.29, 1.82) is 0 Å². The number of alkyl halides is 1. The highest BCUT2D eigenvalue weighted by Gasteiger charge is 2.46. The third kappa shape index (κ3) is 4.53. The Labute approximate surface area is 195 Å². The zero-order valence-electron chi connectivity index (χ0n) is 18.4. The Morgan fingerprint density at radius 1 is 1.24 bits per heavy atom. The van der Waals surface area contributed by atoms with Crippen LogP contribution in [0.3, 0.4) is 0 Å². The summed E-state index contributed by atoms with van der Waals surface area (Å²) in [5.74, 6) is 0.456. The molecule has 0 unspecified atom stereocenters. The SMILES string of the molecule is CCNC(=O)c1cnc(Nc2ccc3c(c2)CCNC3)nc1Nc1nc(C2(CF)CC2)cs1. The number of halogens is 1. The second kappa shape index (κ2) is 9.03. The van der Waals surface area contributed by atoms with Crippen molar-refractivity contribution in [3.8, 4) is 0 Å². The summed E-state index contributed by atoms with van der Waals surface area (Å²) in [4.78, 5) is 26.1. The second-order valence-electron chi connectivity index (χ2n) is 8.43. The summed E-state index contributed by atoms with van der Waals surface area (Å²) in [6, 6.07) is 6.21. The Balaban J connectivity index is 1.41. The predicted molar refractivity (Wildman–Crippen MR) is 127 cm³/mol. The lowest BCUT2D eigenvalue weighted by molar-refractivity contribution is 0.0956. The molecule has 8 nitrogen and oxygen atoms in total. The van der Waals surface area contributed by atoms with E-state index >= 15 is 0 Å². The molecule has 1 aromatic carbocycles. The molecule has 3 aromatic rings. The number of fused-ring (bicyclic) bond motifs is 1. The quantitative estimate of drug-likeness (QED) is 0.399. The van der Waals surface area contributed by atoms with E-state index in [0.717, 1.165) is 43.7 Å².